The highest BCUT2D eigenvalue weighted by atomic mass is 35.5. The molecule has 0 saturated heterocycles. The molecule has 0 amide bonds. The lowest BCUT2D eigenvalue weighted by atomic mass is 10.2. The first-order valence-electron chi connectivity index (χ1n) is 5.61. The summed E-state index contributed by atoms with van der Waals surface area (Å²) in [7, 11) is 0. The van der Waals surface area contributed by atoms with Crippen LogP contribution >= 0.6 is 11.6 Å². The fourth-order valence-corrected chi connectivity index (χ4v) is 1.95. The average molecular weight is 276 g/mol. The summed E-state index contributed by atoms with van der Waals surface area (Å²) in [6.45, 7) is 0.510. The molecule has 0 unspecified atom stereocenters. The molecule has 2 aromatic heterocycles. The first-order chi connectivity index (χ1) is 9.22. The van der Waals surface area contributed by atoms with E-state index in [9.17, 15) is 5.11 Å². The zero-order valence-electron chi connectivity index (χ0n) is 9.76. The van der Waals surface area contributed by atoms with Crippen LogP contribution in [-0.2, 0) is 6.54 Å². The molecule has 0 radical (unpaired) electrons. The van der Waals surface area contributed by atoms with Gasteiger partial charge in [0.2, 0.25) is 5.28 Å². The van der Waals surface area contributed by atoms with Crippen molar-refractivity contribution in [1.29, 1.82) is 0 Å². The Morgan fingerprint density at radius 2 is 2.21 bits per heavy atom. The van der Waals surface area contributed by atoms with Gasteiger partial charge in [-0.05, 0) is 29.3 Å². The van der Waals surface area contributed by atoms with E-state index in [0.717, 1.165) is 5.56 Å². The van der Waals surface area contributed by atoms with Gasteiger partial charge < -0.3 is 15.4 Å². The minimum Gasteiger partial charge on any atom is -0.508 e. The van der Waals surface area contributed by atoms with Gasteiger partial charge in [-0.25, -0.2) is 4.98 Å². The van der Waals surface area contributed by atoms with E-state index in [1.165, 1.54) is 6.33 Å². The Hall–Kier alpha value is -2.34. The van der Waals surface area contributed by atoms with Crippen molar-refractivity contribution in [3.63, 3.8) is 0 Å². The van der Waals surface area contributed by atoms with Gasteiger partial charge in [0, 0.05) is 6.54 Å². The second-order valence-electron chi connectivity index (χ2n) is 3.97. The van der Waals surface area contributed by atoms with Crippen LogP contribution in [-0.4, -0.2) is 25.0 Å². The van der Waals surface area contributed by atoms with Gasteiger partial charge in [-0.15, -0.1) is 0 Å². The van der Waals surface area contributed by atoms with Crippen LogP contribution in [0.25, 0.3) is 11.2 Å². The zero-order valence-corrected chi connectivity index (χ0v) is 10.5. The SMILES string of the molecule is Oc1cccc(CNc2nc(Cl)nc3nc[nH]c23)c1. The molecule has 0 aliphatic rings. The van der Waals surface area contributed by atoms with Crippen LogP contribution in [0.15, 0.2) is 30.6 Å². The molecule has 1 aromatic carbocycles. The minimum absolute atomic E-state index is 0.137. The Morgan fingerprint density at radius 3 is 3.05 bits per heavy atom. The van der Waals surface area contributed by atoms with Crippen molar-refractivity contribution in [2.45, 2.75) is 6.54 Å². The first-order valence-corrected chi connectivity index (χ1v) is 5.98. The predicted molar refractivity (Wildman–Crippen MR) is 72.1 cm³/mol. The molecule has 0 aliphatic carbocycles. The van der Waals surface area contributed by atoms with Crippen molar-refractivity contribution in [3.8, 4) is 5.75 Å². The standard InChI is InChI=1S/C12H10ClN5O/c13-12-17-10(9-11(18-12)16-6-15-9)14-5-7-2-1-3-8(19)4-7/h1-4,6,19H,5H2,(H2,14,15,16,17,18). The third kappa shape index (κ3) is 2.43. The maximum atomic E-state index is 9.40. The number of halogens is 1. The number of fused-ring (bicyclic) bond motifs is 1. The van der Waals surface area contributed by atoms with E-state index in [4.69, 9.17) is 11.6 Å². The van der Waals surface area contributed by atoms with Crippen LogP contribution in [0.1, 0.15) is 5.56 Å². The van der Waals surface area contributed by atoms with Gasteiger partial charge in [-0.2, -0.15) is 9.97 Å². The highest BCUT2D eigenvalue weighted by Crippen LogP contribution is 2.20. The van der Waals surface area contributed by atoms with Crippen LogP contribution in [0.4, 0.5) is 5.82 Å². The molecule has 0 atom stereocenters. The third-order valence-corrected chi connectivity index (χ3v) is 2.80. The van der Waals surface area contributed by atoms with Gasteiger partial charge >= 0.3 is 0 Å². The normalized spacial score (nSPS) is 10.8. The number of hydrogen-bond acceptors (Lipinski definition) is 5. The molecule has 6 nitrogen and oxygen atoms in total. The van der Waals surface area contributed by atoms with Crippen LogP contribution < -0.4 is 5.32 Å². The summed E-state index contributed by atoms with van der Waals surface area (Å²) in [5, 5.41) is 12.7. The number of aromatic amines is 1. The van der Waals surface area contributed by atoms with Crippen LogP contribution in [0.2, 0.25) is 5.28 Å². The van der Waals surface area contributed by atoms with Gasteiger partial charge in [0.1, 0.15) is 11.3 Å². The summed E-state index contributed by atoms with van der Waals surface area (Å²) < 4.78 is 0. The zero-order chi connectivity index (χ0) is 13.2. The number of rotatable bonds is 3. The van der Waals surface area contributed by atoms with E-state index < -0.39 is 0 Å². The number of aromatic nitrogens is 4. The molecule has 0 saturated carbocycles. The maximum Gasteiger partial charge on any atom is 0.226 e. The Kier molecular flexibility index (Phi) is 2.92. The van der Waals surface area contributed by atoms with E-state index >= 15 is 0 Å². The van der Waals surface area contributed by atoms with E-state index in [1.54, 1.807) is 18.2 Å². The van der Waals surface area contributed by atoms with Gasteiger partial charge in [-0.3, -0.25) is 0 Å². The summed E-state index contributed by atoms with van der Waals surface area (Å²) in [5.74, 6) is 0.808. The lowest BCUT2D eigenvalue weighted by Gasteiger charge is -2.07. The molecule has 0 bridgehead atoms. The van der Waals surface area contributed by atoms with Crippen molar-refractivity contribution in [2.24, 2.45) is 0 Å². The van der Waals surface area contributed by atoms with Gasteiger partial charge in [0.05, 0.1) is 6.33 Å². The van der Waals surface area contributed by atoms with Gasteiger partial charge in [0.25, 0.3) is 0 Å². The minimum atomic E-state index is 0.137. The summed E-state index contributed by atoms with van der Waals surface area (Å²) >= 11 is 5.83. The maximum absolute atomic E-state index is 9.40. The largest absolute Gasteiger partial charge is 0.508 e. The summed E-state index contributed by atoms with van der Waals surface area (Å²) in [6.07, 6.45) is 1.54. The highest BCUT2D eigenvalue weighted by Gasteiger charge is 2.08. The molecule has 0 aliphatic heterocycles. The lowest BCUT2D eigenvalue weighted by Crippen LogP contribution is -2.03. The molecule has 96 valence electrons. The molecule has 0 fully saturated rings. The number of anilines is 1. The highest BCUT2D eigenvalue weighted by molar-refractivity contribution is 6.28. The second-order valence-corrected chi connectivity index (χ2v) is 4.30. The molecule has 7 heteroatoms. The van der Waals surface area contributed by atoms with E-state index in [-0.39, 0.29) is 11.0 Å². The Morgan fingerprint density at radius 1 is 1.32 bits per heavy atom. The van der Waals surface area contributed by atoms with Crippen LogP contribution in [0.5, 0.6) is 5.75 Å². The van der Waals surface area contributed by atoms with Crippen molar-refractivity contribution in [2.75, 3.05) is 5.32 Å². The Labute approximate surface area is 113 Å². The monoisotopic (exact) mass is 275 g/mol. The molecule has 0 spiro atoms. The average Bonchev–Trinajstić information content (AvgIpc) is 2.84. The number of phenolic OH excluding ortho intramolecular Hbond substituents is 1. The molecule has 3 rings (SSSR count). The number of nitrogens with zero attached hydrogens (tertiary/aromatic N) is 3. The molecule has 19 heavy (non-hydrogen) atoms. The summed E-state index contributed by atoms with van der Waals surface area (Å²) in [4.78, 5) is 15.1. The molecule has 3 N–H and O–H groups in total. The summed E-state index contributed by atoms with van der Waals surface area (Å²) in [6, 6.07) is 6.99. The number of H-pyrrole nitrogens is 1. The molecular weight excluding hydrogens is 266 g/mol. The van der Waals surface area contributed by atoms with Crippen LogP contribution in [0, 0.1) is 0 Å². The number of nitrogens with one attached hydrogen (secondary N) is 2. The van der Waals surface area contributed by atoms with Crippen molar-refractivity contribution in [1.82, 2.24) is 19.9 Å². The van der Waals surface area contributed by atoms with E-state index in [2.05, 4.69) is 25.3 Å². The van der Waals surface area contributed by atoms with Crippen LogP contribution in [0.3, 0.4) is 0 Å². The van der Waals surface area contributed by atoms with Crippen molar-refractivity contribution >= 4 is 28.6 Å². The summed E-state index contributed by atoms with van der Waals surface area (Å²) in [5.41, 5.74) is 2.14. The van der Waals surface area contributed by atoms with E-state index in [1.807, 2.05) is 6.07 Å². The number of imidazole rings is 1. The van der Waals surface area contributed by atoms with Gasteiger partial charge in [-0.1, -0.05) is 12.1 Å². The molecule has 2 heterocycles. The smallest absolute Gasteiger partial charge is 0.226 e. The van der Waals surface area contributed by atoms with Crippen molar-refractivity contribution < 1.29 is 5.11 Å². The fraction of sp³-hybridized carbons (Fsp3) is 0.0833. The molecular formula is C12H10ClN5O. The number of benzene rings is 1. The fourth-order valence-electron chi connectivity index (χ4n) is 1.79. The first kappa shape index (κ1) is 11.7. The van der Waals surface area contributed by atoms with Crippen molar-refractivity contribution in [3.05, 3.63) is 41.4 Å². The second kappa shape index (κ2) is 4.74. The lowest BCUT2D eigenvalue weighted by molar-refractivity contribution is 0.474. The number of aromatic hydroxyl groups is 1. The molecule has 3 aromatic rings. The number of hydrogen-bond donors (Lipinski definition) is 3. The Bertz CT molecular complexity index is 727. The predicted octanol–water partition coefficient (Wildman–Crippen LogP) is 2.32. The topological polar surface area (TPSA) is 86.7 Å². The van der Waals surface area contributed by atoms with Gasteiger partial charge in [0.15, 0.2) is 11.5 Å². The quantitative estimate of drug-likeness (QED) is 0.639. The van der Waals surface area contributed by atoms with E-state index in [0.29, 0.717) is 23.5 Å². The Balaban J connectivity index is 1.87. The third-order valence-electron chi connectivity index (χ3n) is 2.63. The number of phenols is 1.